The molecule has 0 saturated carbocycles. The van der Waals surface area contributed by atoms with Crippen LogP contribution in [0.1, 0.15) is 37.4 Å². The van der Waals surface area contributed by atoms with Gasteiger partial charge in [-0.1, -0.05) is 6.58 Å². The summed E-state index contributed by atoms with van der Waals surface area (Å²) in [6.45, 7) is 8.14. The quantitative estimate of drug-likeness (QED) is 0.852. The Kier molecular flexibility index (Phi) is 4.70. The summed E-state index contributed by atoms with van der Waals surface area (Å²) in [5, 5.41) is 7.19. The van der Waals surface area contributed by atoms with Gasteiger partial charge in [0.05, 0.1) is 12.7 Å². The topological polar surface area (TPSA) is 67.2 Å². The Labute approximate surface area is 147 Å². The third-order valence-electron chi connectivity index (χ3n) is 4.26. The van der Waals surface area contributed by atoms with Crippen molar-refractivity contribution in [2.45, 2.75) is 39.3 Å². The zero-order chi connectivity index (χ0) is 18.0. The van der Waals surface area contributed by atoms with Gasteiger partial charge in [-0.3, -0.25) is 14.3 Å². The summed E-state index contributed by atoms with van der Waals surface area (Å²) in [6.07, 6.45) is 6.19. The standard InChI is InChI=1S/C19H22N4O2/c1-4-19(25)22(11-14-10-20-23(12-14)13(2)3)16-6-7-17-15(9-16)5-8-18(24)21-17/h4,6-7,9-10,12-13H,1,5,8,11H2,2-3H3,(H,21,24). The number of benzene rings is 1. The lowest BCUT2D eigenvalue weighted by molar-refractivity contribution is -0.116. The van der Waals surface area contributed by atoms with Crippen molar-refractivity contribution >= 4 is 23.2 Å². The van der Waals surface area contributed by atoms with E-state index in [9.17, 15) is 9.59 Å². The molecule has 0 saturated heterocycles. The molecule has 0 atom stereocenters. The van der Waals surface area contributed by atoms with Crippen LogP contribution in [-0.4, -0.2) is 21.6 Å². The van der Waals surface area contributed by atoms with E-state index in [1.807, 2.05) is 29.1 Å². The van der Waals surface area contributed by atoms with Crippen LogP contribution in [0, 0.1) is 0 Å². The number of nitrogens with zero attached hydrogens (tertiary/aromatic N) is 3. The molecule has 1 aromatic heterocycles. The Morgan fingerprint density at radius 3 is 2.92 bits per heavy atom. The number of nitrogens with one attached hydrogen (secondary N) is 1. The summed E-state index contributed by atoms with van der Waals surface area (Å²) < 4.78 is 1.87. The fourth-order valence-electron chi connectivity index (χ4n) is 2.87. The fourth-order valence-corrected chi connectivity index (χ4v) is 2.87. The van der Waals surface area contributed by atoms with Crippen molar-refractivity contribution in [1.29, 1.82) is 0 Å². The number of aryl methyl sites for hydroxylation is 1. The number of anilines is 2. The van der Waals surface area contributed by atoms with Crippen molar-refractivity contribution in [2.75, 3.05) is 10.2 Å². The summed E-state index contributed by atoms with van der Waals surface area (Å²) in [6, 6.07) is 5.93. The second kappa shape index (κ2) is 6.93. The summed E-state index contributed by atoms with van der Waals surface area (Å²) in [5.41, 5.74) is 3.60. The SMILES string of the molecule is C=CC(=O)N(Cc1cnn(C(C)C)c1)c1ccc2c(c1)CCC(=O)N2. The molecular weight excluding hydrogens is 316 g/mol. The highest BCUT2D eigenvalue weighted by Gasteiger charge is 2.19. The van der Waals surface area contributed by atoms with Gasteiger partial charge in [-0.15, -0.1) is 0 Å². The predicted octanol–water partition coefficient (Wildman–Crippen LogP) is 3.07. The summed E-state index contributed by atoms with van der Waals surface area (Å²) in [5.74, 6) is -0.141. The van der Waals surface area contributed by atoms with Gasteiger partial charge < -0.3 is 10.2 Å². The van der Waals surface area contributed by atoms with E-state index in [2.05, 4.69) is 30.8 Å². The molecule has 25 heavy (non-hydrogen) atoms. The minimum absolute atomic E-state index is 0.0281. The van der Waals surface area contributed by atoms with E-state index in [0.29, 0.717) is 19.4 Å². The average molecular weight is 338 g/mol. The molecule has 0 radical (unpaired) electrons. The first-order valence-corrected chi connectivity index (χ1v) is 8.37. The molecule has 0 spiro atoms. The number of carbonyl (C=O) groups is 2. The van der Waals surface area contributed by atoms with E-state index >= 15 is 0 Å². The molecule has 3 rings (SSSR count). The van der Waals surface area contributed by atoms with E-state index in [1.165, 1.54) is 6.08 Å². The number of rotatable bonds is 5. The number of carbonyl (C=O) groups excluding carboxylic acids is 2. The van der Waals surface area contributed by atoms with Crippen molar-refractivity contribution < 1.29 is 9.59 Å². The van der Waals surface area contributed by atoms with Crippen molar-refractivity contribution in [1.82, 2.24) is 9.78 Å². The van der Waals surface area contributed by atoms with E-state index in [4.69, 9.17) is 0 Å². The maximum absolute atomic E-state index is 12.4. The number of fused-ring (bicyclic) bond motifs is 1. The van der Waals surface area contributed by atoms with Gasteiger partial charge in [0, 0.05) is 35.6 Å². The fraction of sp³-hybridized carbons (Fsp3) is 0.316. The molecular formula is C19H22N4O2. The molecule has 6 nitrogen and oxygen atoms in total. The molecule has 1 N–H and O–H groups in total. The van der Waals surface area contributed by atoms with Gasteiger partial charge in [-0.25, -0.2) is 0 Å². The van der Waals surface area contributed by atoms with Crippen LogP contribution in [0.5, 0.6) is 0 Å². The molecule has 0 fully saturated rings. The first-order valence-electron chi connectivity index (χ1n) is 8.37. The van der Waals surface area contributed by atoms with Gasteiger partial charge in [-0.2, -0.15) is 5.10 Å². The minimum Gasteiger partial charge on any atom is -0.326 e. The van der Waals surface area contributed by atoms with E-state index in [1.54, 1.807) is 11.1 Å². The Morgan fingerprint density at radius 1 is 1.44 bits per heavy atom. The molecule has 0 aliphatic carbocycles. The molecule has 1 aliphatic rings. The van der Waals surface area contributed by atoms with Gasteiger partial charge in [0.15, 0.2) is 0 Å². The summed E-state index contributed by atoms with van der Waals surface area (Å²) in [7, 11) is 0. The maximum Gasteiger partial charge on any atom is 0.250 e. The van der Waals surface area contributed by atoms with Gasteiger partial charge >= 0.3 is 0 Å². The highest BCUT2D eigenvalue weighted by molar-refractivity contribution is 6.01. The maximum atomic E-state index is 12.4. The second-order valence-corrected chi connectivity index (χ2v) is 6.44. The largest absolute Gasteiger partial charge is 0.326 e. The monoisotopic (exact) mass is 338 g/mol. The van der Waals surface area contributed by atoms with Crippen LogP contribution in [0.2, 0.25) is 0 Å². The highest BCUT2D eigenvalue weighted by atomic mass is 16.2. The number of hydrogen-bond donors (Lipinski definition) is 1. The lowest BCUT2D eigenvalue weighted by Crippen LogP contribution is -2.29. The zero-order valence-electron chi connectivity index (χ0n) is 14.5. The molecule has 2 aromatic rings. The van der Waals surface area contributed by atoms with E-state index in [0.717, 1.165) is 22.5 Å². The lowest BCUT2D eigenvalue weighted by Gasteiger charge is -2.24. The molecule has 1 aliphatic heterocycles. The molecule has 0 bridgehead atoms. The van der Waals surface area contributed by atoms with Crippen molar-refractivity contribution in [3.05, 3.63) is 54.4 Å². The molecule has 2 amide bonds. The Bertz CT molecular complexity index is 823. The van der Waals surface area contributed by atoms with Gasteiger partial charge in [0.25, 0.3) is 5.91 Å². The normalized spacial score (nSPS) is 13.3. The van der Waals surface area contributed by atoms with Crippen molar-refractivity contribution in [3.63, 3.8) is 0 Å². The Hall–Kier alpha value is -2.89. The van der Waals surface area contributed by atoms with Gasteiger partial charge in [0.1, 0.15) is 0 Å². The lowest BCUT2D eigenvalue weighted by atomic mass is 10.0. The molecule has 2 heterocycles. The second-order valence-electron chi connectivity index (χ2n) is 6.44. The van der Waals surface area contributed by atoms with Gasteiger partial charge in [-0.05, 0) is 50.1 Å². The van der Waals surface area contributed by atoms with Crippen LogP contribution in [-0.2, 0) is 22.6 Å². The first-order chi connectivity index (χ1) is 12.0. The number of amides is 2. The number of hydrogen-bond acceptors (Lipinski definition) is 3. The third-order valence-corrected chi connectivity index (χ3v) is 4.26. The average Bonchev–Trinajstić information content (AvgIpc) is 3.07. The Morgan fingerprint density at radius 2 is 2.24 bits per heavy atom. The van der Waals surface area contributed by atoms with Crippen LogP contribution in [0.25, 0.3) is 0 Å². The first kappa shape index (κ1) is 17.0. The van der Waals surface area contributed by atoms with Crippen LogP contribution in [0.4, 0.5) is 11.4 Å². The molecule has 130 valence electrons. The third kappa shape index (κ3) is 3.63. The van der Waals surface area contributed by atoms with Crippen LogP contribution < -0.4 is 10.2 Å². The molecule has 0 unspecified atom stereocenters. The van der Waals surface area contributed by atoms with Crippen LogP contribution in [0.3, 0.4) is 0 Å². The van der Waals surface area contributed by atoms with Crippen LogP contribution in [0.15, 0.2) is 43.2 Å². The summed E-state index contributed by atoms with van der Waals surface area (Å²) >= 11 is 0. The highest BCUT2D eigenvalue weighted by Crippen LogP contribution is 2.28. The smallest absolute Gasteiger partial charge is 0.250 e. The van der Waals surface area contributed by atoms with E-state index < -0.39 is 0 Å². The molecule has 1 aromatic carbocycles. The van der Waals surface area contributed by atoms with Crippen molar-refractivity contribution in [3.8, 4) is 0 Å². The van der Waals surface area contributed by atoms with Gasteiger partial charge in [0.2, 0.25) is 5.91 Å². The predicted molar refractivity (Wildman–Crippen MR) is 97.4 cm³/mol. The summed E-state index contributed by atoms with van der Waals surface area (Å²) in [4.78, 5) is 25.6. The van der Waals surface area contributed by atoms with Crippen molar-refractivity contribution in [2.24, 2.45) is 0 Å². The molecule has 6 heteroatoms. The number of aromatic nitrogens is 2. The minimum atomic E-state index is -0.169. The van der Waals surface area contributed by atoms with E-state index in [-0.39, 0.29) is 17.9 Å². The zero-order valence-corrected chi connectivity index (χ0v) is 14.5. The Balaban J connectivity index is 1.89. The van der Waals surface area contributed by atoms with Crippen LogP contribution >= 0.6 is 0 Å².